The van der Waals surface area contributed by atoms with E-state index in [-0.39, 0.29) is 11.7 Å². The molecule has 0 saturated heterocycles. The minimum atomic E-state index is -1.09. The van der Waals surface area contributed by atoms with Gasteiger partial charge in [-0.05, 0) is 59.4 Å². The van der Waals surface area contributed by atoms with Crippen LogP contribution in [0.15, 0.2) is 84.8 Å². The summed E-state index contributed by atoms with van der Waals surface area (Å²) in [6, 6.07) is 23.9. The molecule has 0 saturated carbocycles. The molecule has 0 atom stereocenters. The highest BCUT2D eigenvalue weighted by molar-refractivity contribution is 5.90. The van der Waals surface area contributed by atoms with Crippen molar-refractivity contribution in [1.29, 1.82) is 0 Å². The summed E-state index contributed by atoms with van der Waals surface area (Å²) >= 11 is 0. The number of carbonyl (C=O) groups is 2. The van der Waals surface area contributed by atoms with Gasteiger partial charge in [0.2, 0.25) is 11.7 Å². The number of aromatic amines is 1. The van der Waals surface area contributed by atoms with Gasteiger partial charge in [0, 0.05) is 37.1 Å². The Labute approximate surface area is 210 Å². The summed E-state index contributed by atoms with van der Waals surface area (Å²) in [7, 11) is 1.84. The van der Waals surface area contributed by atoms with Crippen LogP contribution in [0.3, 0.4) is 0 Å². The average Bonchev–Trinajstić information content (AvgIpc) is 3.30. The molecular weight excluding hydrogens is 452 g/mol. The molecule has 0 aliphatic rings. The number of ether oxygens (including phenoxy) is 1. The first kappa shape index (κ1) is 24.8. The molecule has 4 aromatic rings. The number of carboxylic acids is 1. The lowest BCUT2D eigenvalue weighted by Gasteiger charge is -2.18. The third-order valence-electron chi connectivity index (χ3n) is 6.11. The second-order valence-corrected chi connectivity index (χ2v) is 8.68. The van der Waals surface area contributed by atoms with Crippen molar-refractivity contribution in [3.8, 4) is 11.1 Å². The Balaban J connectivity index is 1.39. The number of aryl methyl sites for hydroxylation is 1. The molecule has 184 valence electrons. The molecule has 6 nitrogen and oxygen atoms in total. The van der Waals surface area contributed by atoms with Gasteiger partial charge in [-0.1, -0.05) is 60.7 Å². The molecule has 0 aliphatic heterocycles. The van der Waals surface area contributed by atoms with E-state index in [1.807, 2.05) is 73.9 Å². The van der Waals surface area contributed by atoms with E-state index in [9.17, 15) is 14.7 Å². The van der Waals surface area contributed by atoms with E-state index in [0.29, 0.717) is 26.0 Å². The van der Waals surface area contributed by atoms with Crippen LogP contribution in [0.1, 0.15) is 30.0 Å². The van der Waals surface area contributed by atoms with Crippen molar-refractivity contribution < 1.29 is 19.4 Å². The van der Waals surface area contributed by atoms with Crippen LogP contribution in [0, 0.1) is 0 Å². The van der Waals surface area contributed by atoms with Crippen molar-refractivity contribution in [2.75, 3.05) is 13.7 Å². The number of hydrogen-bond acceptors (Lipinski definition) is 3. The molecule has 0 radical (unpaired) electrons. The quantitative estimate of drug-likeness (QED) is 0.218. The molecule has 36 heavy (non-hydrogen) atoms. The van der Waals surface area contributed by atoms with Gasteiger partial charge in [0.15, 0.2) is 0 Å². The lowest BCUT2D eigenvalue weighted by atomic mass is 10.0. The SMILES string of the molecule is CCO/C(=C/c1ccc(-c2cccc(CN(C)C(=O)CCc3c[nH]c4ccccc34)c2)cc1)C(=O)O. The molecule has 4 rings (SSSR count). The lowest BCUT2D eigenvalue weighted by Crippen LogP contribution is -2.26. The zero-order valence-electron chi connectivity index (χ0n) is 20.5. The number of nitrogens with zero attached hydrogens (tertiary/aromatic N) is 1. The number of carboxylic acid groups (broad SMARTS) is 1. The van der Waals surface area contributed by atoms with Gasteiger partial charge < -0.3 is 19.7 Å². The molecule has 0 bridgehead atoms. The van der Waals surface area contributed by atoms with Gasteiger partial charge in [-0.25, -0.2) is 4.79 Å². The molecule has 2 N–H and O–H groups in total. The number of para-hydroxylation sites is 1. The van der Waals surface area contributed by atoms with Crippen molar-refractivity contribution in [3.05, 3.63) is 101 Å². The number of H-pyrrole nitrogens is 1. The van der Waals surface area contributed by atoms with Gasteiger partial charge in [0.25, 0.3) is 0 Å². The molecule has 3 aromatic carbocycles. The van der Waals surface area contributed by atoms with Gasteiger partial charge in [-0.15, -0.1) is 0 Å². The first-order valence-corrected chi connectivity index (χ1v) is 12.0. The summed E-state index contributed by atoms with van der Waals surface area (Å²) in [4.78, 5) is 29.1. The molecule has 0 spiro atoms. The Morgan fingerprint density at radius 1 is 1.00 bits per heavy atom. The smallest absolute Gasteiger partial charge is 0.371 e. The molecule has 0 fully saturated rings. The summed E-state index contributed by atoms with van der Waals surface area (Å²) in [6.07, 6.45) is 4.65. The largest absolute Gasteiger partial charge is 0.487 e. The number of fused-ring (bicyclic) bond motifs is 1. The summed E-state index contributed by atoms with van der Waals surface area (Å²) in [5, 5.41) is 10.4. The van der Waals surface area contributed by atoms with Crippen LogP contribution in [0.4, 0.5) is 0 Å². The number of nitrogens with one attached hydrogen (secondary N) is 1. The van der Waals surface area contributed by atoms with Crippen LogP contribution in [-0.4, -0.2) is 40.5 Å². The van der Waals surface area contributed by atoms with Gasteiger partial charge >= 0.3 is 5.97 Å². The standard InChI is InChI=1S/C30H30N2O4/c1-3-36-28(30(34)35)18-21-11-13-23(14-12-21)24-8-6-7-22(17-24)20-32(2)29(33)16-15-25-19-31-27-10-5-4-9-26(25)27/h4-14,17-19,31H,3,15-16,20H2,1-2H3,(H,34,35)/b28-18+. The zero-order valence-corrected chi connectivity index (χ0v) is 20.5. The van der Waals surface area contributed by atoms with Crippen molar-refractivity contribution >= 4 is 28.9 Å². The monoisotopic (exact) mass is 482 g/mol. The first-order valence-electron chi connectivity index (χ1n) is 12.0. The number of rotatable bonds is 10. The highest BCUT2D eigenvalue weighted by atomic mass is 16.5. The van der Waals surface area contributed by atoms with E-state index < -0.39 is 5.97 Å². The first-order chi connectivity index (χ1) is 17.4. The van der Waals surface area contributed by atoms with E-state index in [2.05, 4.69) is 17.1 Å². The summed E-state index contributed by atoms with van der Waals surface area (Å²) in [6.45, 7) is 2.57. The van der Waals surface area contributed by atoms with E-state index in [4.69, 9.17) is 4.74 Å². The van der Waals surface area contributed by atoms with Crippen LogP contribution in [0.2, 0.25) is 0 Å². The summed E-state index contributed by atoms with van der Waals surface area (Å²) < 4.78 is 5.18. The maximum absolute atomic E-state index is 12.8. The fraction of sp³-hybridized carbons (Fsp3) is 0.200. The van der Waals surface area contributed by atoms with Crippen LogP contribution in [0.25, 0.3) is 28.1 Å². The van der Waals surface area contributed by atoms with Crippen LogP contribution >= 0.6 is 0 Å². The number of benzene rings is 3. The minimum absolute atomic E-state index is 0.0790. The summed E-state index contributed by atoms with van der Waals surface area (Å²) in [5.41, 5.74) is 6.09. The Hall–Kier alpha value is -4.32. The van der Waals surface area contributed by atoms with E-state index in [1.165, 1.54) is 11.5 Å². The third kappa shape index (κ3) is 6.02. The minimum Gasteiger partial charge on any atom is -0.487 e. The molecule has 6 heteroatoms. The Morgan fingerprint density at radius 2 is 1.78 bits per heavy atom. The van der Waals surface area contributed by atoms with E-state index >= 15 is 0 Å². The number of amides is 1. The van der Waals surface area contributed by atoms with Gasteiger partial charge in [0.05, 0.1) is 6.61 Å². The normalized spacial score (nSPS) is 11.4. The number of hydrogen-bond donors (Lipinski definition) is 2. The highest BCUT2D eigenvalue weighted by Gasteiger charge is 2.12. The van der Waals surface area contributed by atoms with Crippen molar-refractivity contribution in [1.82, 2.24) is 9.88 Å². The van der Waals surface area contributed by atoms with Gasteiger partial charge in [0.1, 0.15) is 0 Å². The molecular formula is C30H30N2O4. The number of aromatic nitrogens is 1. The lowest BCUT2D eigenvalue weighted by molar-refractivity contribution is -0.136. The van der Waals surface area contributed by atoms with Crippen molar-refractivity contribution in [2.24, 2.45) is 0 Å². The fourth-order valence-electron chi connectivity index (χ4n) is 4.23. The van der Waals surface area contributed by atoms with E-state index in [1.54, 1.807) is 11.8 Å². The Kier molecular flexibility index (Phi) is 7.85. The molecule has 0 unspecified atom stereocenters. The summed E-state index contributed by atoms with van der Waals surface area (Å²) in [5.74, 6) is -1.07. The van der Waals surface area contributed by atoms with E-state index in [0.717, 1.165) is 33.3 Å². The number of carbonyl (C=O) groups excluding carboxylic acids is 1. The topological polar surface area (TPSA) is 82.6 Å². The molecule has 1 heterocycles. The predicted octanol–water partition coefficient (Wildman–Crippen LogP) is 5.89. The fourth-order valence-corrected chi connectivity index (χ4v) is 4.23. The molecule has 1 aromatic heterocycles. The molecule has 0 aliphatic carbocycles. The Morgan fingerprint density at radius 3 is 2.53 bits per heavy atom. The second-order valence-electron chi connectivity index (χ2n) is 8.68. The van der Waals surface area contributed by atoms with Crippen LogP contribution in [-0.2, 0) is 27.3 Å². The second kappa shape index (κ2) is 11.4. The molecule has 1 amide bonds. The van der Waals surface area contributed by atoms with Crippen molar-refractivity contribution in [3.63, 3.8) is 0 Å². The Bertz CT molecular complexity index is 1390. The van der Waals surface area contributed by atoms with Gasteiger partial charge in [-0.2, -0.15) is 0 Å². The maximum Gasteiger partial charge on any atom is 0.371 e. The predicted molar refractivity (Wildman–Crippen MR) is 142 cm³/mol. The highest BCUT2D eigenvalue weighted by Crippen LogP contribution is 2.23. The van der Waals surface area contributed by atoms with Crippen LogP contribution in [0.5, 0.6) is 0 Å². The third-order valence-corrected chi connectivity index (χ3v) is 6.11. The van der Waals surface area contributed by atoms with Gasteiger partial charge in [-0.3, -0.25) is 4.79 Å². The average molecular weight is 483 g/mol. The zero-order chi connectivity index (χ0) is 25.5. The van der Waals surface area contributed by atoms with Crippen LogP contribution < -0.4 is 0 Å². The maximum atomic E-state index is 12.8. The van der Waals surface area contributed by atoms with Crippen molar-refractivity contribution in [2.45, 2.75) is 26.3 Å². The number of aliphatic carboxylic acids is 1.